The number of halogens is 1. The fourth-order valence-electron chi connectivity index (χ4n) is 4.98. The van der Waals surface area contributed by atoms with E-state index in [0.29, 0.717) is 80.0 Å². The predicted octanol–water partition coefficient (Wildman–Crippen LogP) is 2.65. The minimum absolute atomic E-state index is 0.0948. The Labute approximate surface area is 213 Å². The zero-order chi connectivity index (χ0) is 24.6. The zero-order valence-corrected chi connectivity index (χ0v) is 20.6. The molecular formula is C26H27ClN4O5. The molecule has 2 fully saturated rings. The number of rotatable bonds is 5. The third kappa shape index (κ3) is 4.32. The number of benzene rings is 2. The molecule has 36 heavy (non-hydrogen) atoms. The van der Waals surface area contributed by atoms with Gasteiger partial charge in [-0.1, -0.05) is 11.6 Å². The van der Waals surface area contributed by atoms with Crippen LogP contribution in [0, 0.1) is 0 Å². The maximum absolute atomic E-state index is 13.7. The Bertz CT molecular complexity index is 1380. The van der Waals surface area contributed by atoms with Gasteiger partial charge in [0.05, 0.1) is 37.5 Å². The lowest BCUT2D eigenvalue weighted by atomic mass is 10.1. The van der Waals surface area contributed by atoms with Gasteiger partial charge in [0.15, 0.2) is 11.5 Å². The molecule has 3 aliphatic rings. The maximum atomic E-state index is 13.7. The molecule has 0 bridgehead atoms. The first-order chi connectivity index (χ1) is 17.6. The van der Waals surface area contributed by atoms with Crippen LogP contribution in [0.3, 0.4) is 0 Å². The highest BCUT2D eigenvalue weighted by molar-refractivity contribution is 6.30. The second-order valence-electron chi connectivity index (χ2n) is 9.11. The molecule has 0 aliphatic carbocycles. The first-order valence-electron chi connectivity index (χ1n) is 12.2. The summed E-state index contributed by atoms with van der Waals surface area (Å²) >= 11 is 6.25. The van der Waals surface area contributed by atoms with Crippen molar-refractivity contribution in [2.45, 2.75) is 0 Å². The molecule has 0 atom stereocenters. The quantitative estimate of drug-likeness (QED) is 0.442. The minimum Gasteiger partial charge on any atom is -0.453 e. The van der Waals surface area contributed by atoms with Crippen molar-refractivity contribution in [2.75, 3.05) is 70.6 Å². The van der Waals surface area contributed by atoms with Crippen LogP contribution in [0.1, 0.15) is 10.4 Å². The SMILES string of the molecule is O=C(NCCN1CCOCC1)c1cn2c3c(cc(N4CCOCC4)cc3c1=O)Oc1cc(Cl)ccc1-2. The molecule has 1 aromatic heterocycles. The summed E-state index contributed by atoms with van der Waals surface area (Å²) in [6.45, 7) is 6.88. The number of morpholine rings is 2. The van der Waals surface area contributed by atoms with E-state index in [1.807, 2.05) is 22.8 Å². The number of hydrogen-bond donors (Lipinski definition) is 1. The summed E-state index contributed by atoms with van der Waals surface area (Å²) in [6.07, 6.45) is 1.61. The fourth-order valence-corrected chi connectivity index (χ4v) is 5.14. The Kier molecular flexibility index (Phi) is 6.30. The zero-order valence-electron chi connectivity index (χ0n) is 19.8. The van der Waals surface area contributed by atoms with E-state index in [9.17, 15) is 9.59 Å². The Balaban J connectivity index is 1.41. The Morgan fingerprint density at radius 2 is 1.72 bits per heavy atom. The average molecular weight is 511 g/mol. The number of nitrogens with zero attached hydrogens (tertiary/aromatic N) is 3. The van der Waals surface area contributed by atoms with Crippen molar-refractivity contribution >= 4 is 34.1 Å². The van der Waals surface area contributed by atoms with Gasteiger partial charge in [0, 0.05) is 68.3 Å². The highest BCUT2D eigenvalue weighted by Crippen LogP contribution is 2.42. The van der Waals surface area contributed by atoms with Crippen molar-refractivity contribution in [3.63, 3.8) is 0 Å². The van der Waals surface area contributed by atoms with Crippen molar-refractivity contribution in [3.05, 3.63) is 57.3 Å². The molecule has 6 rings (SSSR count). The second kappa shape index (κ2) is 9.74. The van der Waals surface area contributed by atoms with Crippen molar-refractivity contribution < 1.29 is 19.0 Å². The molecule has 0 spiro atoms. The standard InChI is InChI=1S/C26H27ClN4O5/c27-17-1-2-21-22(13-17)36-23-15-18(30-7-11-35-12-8-30)14-19-24(23)31(21)16-20(25(19)32)26(33)28-3-4-29-5-9-34-10-6-29/h1-2,13-16H,3-12H2,(H,28,33). The Morgan fingerprint density at radius 1 is 0.972 bits per heavy atom. The van der Waals surface area contributed by atoms with E-state index in [4.69, 9.17) is 25.8 Å². The first-order valence-corrected chi connectivity index (χ1v) is 12.6. The predicted molar refractivity (Wildman–Crippen MR) is 137 cm³/mol. The molecular weight excluding hydrogens is 484 g/mol. The van der Waals surface area contributed by atoms with Crippen LogP contribution in [0.15, 0.2) is 41.3 Å². The number of hydrogen-bond acceptors (Lipinski definition) is 7. The smallest absolute Gasteiger partial charge is 0.256 e. The van der Waals surface area contributed by atoms with Crippen LogP contribution in [-0.2, 0) is 9.47 Å². The van der Waals surface area contributed by atoms with E-state index in [2.05, 4.69) is 15.1 Å². The molecule has 3 aliphatic heterocycles. The molecule has 2 aromatic carbocycles. The molecule has 3 aromatic rings. The number of amides is 1. The second-order valence-corrected chi connectivity index (χ2v) is 9.54. The molecule has 4 heterocycles. The highest BCUT2D eigenvalue weighted by Gasteiger charge is 2.26. The number of carbonyl (C=O) groups is 1. The van der Waals surface area contributed by atoms with Gasteiger partial charge in [-0.2, -0.15) is 0 Å². The molecule has 188 valence electrons. The van der Waals surface area contributed by atoms with Crippen molar-refractivity contribution in [1.29, 1.82) is 0 Å². The largest absolute Gasteiger partial charge is 0.453 e. The summed E-state index contributed by atoms with van der Waals surface area (Å²) in [5, 5.41) is 3.91. The summed E-state index contributed by atoms with van der Waals surface area (Å²) in [7, 11) is 0. The molecule has 2 saturated heterocycles. The van der Waals surface area contributed by atoms with Crippen LogP contribution < -0.4 is 20.4 Å². The van der Waals surface area contributed by atoms with E-state index in [-0.39, 0.29) is 16.9 Å². The molecule has 1 N–H and O–H groups in total. The number of ether oxygens (including phenoxy) is 3. The first kappa shape index (κ1) is 23.3. The van der Waals surface area contributed by atoms with Crippen LogP contribution in [0.25, 0.3) is 16.6 Å². The van der Waals surface area contributed by atoms with Crippen LogP contribution >= 0.6 is 11.6 Å². The Hall–Kier alpha value is -3.11. The lowest BCUT2D eigenvalue weighted by Gasteiger charge is -2.31. The van der Waals surface area contributed by atoms with Gasteiger partial charge in [-0.3, -0.25) is 14.5 Å². The van der Waals surface area contributed by atoms with E-state index in [1.165, 1.54) is 0 Å². The van der Waals surface area contributed by atoms with E-state index < -0.39 is 0 Å². The van der Waals surface area contributed by atoms with Crippen molar-refractivity contribution in [2.24, 2.45) is 0 Å². The number of aromatic nitrogens is 1. The lowest BCUT2D eigenvalue weighted by molar-refractivity contribution is 0.0383. The molecule has 1 amide bonds. The van der Waals surface area contributed by atoms with Crippen molar-refractivity contribution in [3.8, 4) is 17.2 Å². The normalized spacial score (nSPS) is 17.5. The third-order valence-corrected chi connectivity index (χ3v) is 7.12. The van der Waals surface area contributed by atoms with Crippen LogP contribution in [0.4, 0.5) is 5.69 Å². The monoisotopic (exact) mass is 510 g/mol. The van der Waals surface area contributed by atoms with Crippen LogP contribution in [0.5, 0.6) is 11.5 Å². The average Bonchev–Trinajstić information content (AvgIpc) is 2.90. The van der Waals surface area contributed by atoms with E-state index in [1.54, 1.807) is 18.3 Å². The molecule has 0 radical (unpaired) electrons. The summed E-state index contributed by atoms with van der Waals surface area (Å²) in [6, 6.07) is 9.14. The molecule has 0 unspecified atom stereocenters. The molecule has 10 heteroatoms. The number of carbonyl (C=O) groups excluding carboxylic acids is 1. The number of fused-ring (bicyclic) bond motifs is 2. The molecule has 0 saturated carbocycles. The third-order valence-electron chi connectivity index (χ3n) is 6.89. The van der Waals surface area contributed by atoms with Gasteiger partial charge in [0.25, 0.3) is 5.91 Å². The van der Waals surface area contributed by atoms with Gasteiger partial charge >= 0.3 is 0 Å². The van der Waals surface area contributed by atoms with Gasteiger partial charge in [-0.05, 0) is 18.2 Å². The topological polar surface area (TPSA) is 85.3 Å². The fraction of sp³-hybridized carbons (Fsp3) is 0.385. The van der Waals surface area contributed by atoms with Crippen molar-refractivity contribution in [1.82, 2.24) is 14.8 Å². The lowest BCUT2D eigenvalue weighted by Crippen LogP contribution is -2.42. The number of nitrogens with one attached hydrogen (secondary N) is 1. The van der Waals surface area contributed by atoms with Gasteiger partial charge in [0.1, 0.15) is 11.1 Å². The summed E-state index contributed by atoms with van der Waals surface area (Å²) < 4.78 is 19.0. The van der Waals surface area contributed by atoms with E-state index in [0.717, 1.165) is 24.5 Å². The van der Waals surface area contributed by atoms with Gasteiger partial charge in [-0.25, -0.2) is 0 Å². The van der Waals surface area contributed by atoms with Crippen LogP contribution in [0.2, 0.25) is 5.02 Å². The number of pyridine rings is 1. The van der Waals surface area contributed by atoms with Gasteiger partial charge in [0.2, 0.25) is 5.43 Å². The number of anilines is 1. The van der Waals surface area contributed by atoms with Gasteiger partial charge in [-0.15, -0.1) is 0 Å². The summed E-state index contributed by atoms with van der Waals surface area (Å²) in [5.41, 5.74) is 2.00. The maximum Gasteiger partial charge on any atom is 0.256 e. The Morgan fingerprint density at radius 3 is 2.50 bits per heavy atom. The van der Waals surface area contributed by atoms with E-state index >= 15 is 0 Å². The highest BCUT2D eigenvalue weighted by atomic mass is 35.5. The minimum atomic E-state index is -0.390. The van der Waals surface area contributed by atoms with Gasteiger partial charge < -0.3 is 29.0 Å². The summed E-state index contributed by atoms with van der Waals surface area (Å²) in [5.74, 6) is 0.733. The summed E-state index contributed by atoms with van der Waals surface area (Å²) in [4.78, 5) is 31.3. The van der Waals surface area contributed by atoms with Crippen LogP contribution in [-0.4, -0.2) is 81.1 Å². The molecule has 9 nitrogen and oxygen atoms in total.